The first kappa shape index (κ1) is 16.4. The number of benzene rings is 1. The second-order valence-electron chi connectivity index (χ2n) is 4.89. The van der Waals surface area contributed by atoms with Crippen LogP contribution in [0.4, 0.5) is 0 Å². The first-order chi connectivity index (χ1) is 10.4. The summed E-state index contributed by atoms with van der Waals surface area (Å²) in [6.45, 7) is 1.67. The highest BCUT2D eigenvalue weighted by molar-refractivity contribution is 7.89. The summed E-state index contributed by atoms with van der Waals surface area (Å²) in [6.07, 6.45) is 0. The third-order valence-corrected chi connectivity index (χ3v) is 5.23. The van der Waals surface area contributed by atoms with Crippen LogP contribution in [-0.2, 0) is 19.6 Å². The van der Waals surface area contributed by atoms with E-state index in [9.17, 15) is 13.2 Å². The van der Waals surface area contributed by atoms with Gasteiger partial charge in [0.1, 0.15) is 0 Å². The highest BCUT2D eigenvalue weighted by atomic mass is 32.2. The van der Waals surface area contributed by atoms with E-state index in [-0.39, 0.29) is 17.3 Å². The van der Waals surface area contributed by atoms with Gasteiger partial charge in [-0.05, 0) is 24.3 Å². The van der Waals surface area contributed by atoms with Gasteiger partial charge in [-0.25, -0.2) is 8.42 Å². The molecule has 1 aromatic carbocycles. The molecule has 0 bridgehead atoms. The zero-order valence-electron chi connectivity index (χ0n) is 12.2. The number of hydrogen-bond donors (Lipinski definition) is 0. The zero-order chi connectivity index (χ0) is 16.2. The molecule has 1 aliphatic heterocycles. The maximum absolute atomic E-state index is 12.4. The van der Waals surface area contributed by atoms with Gasteiger partial charge in [-0.15, -0.1) is 0 Å². The maximum atomic E-state index is 12.4. The van der Waals surface area contributed by atoms with Gasteiger partial charge in [-0.1, -0.05) is 0 Å². The number of hydrogen-bond acceptors (Lipinski definition) is 5. The predicted octanol–water partition coefficient (Wildman–Crippen LogP) is 0.0376. The minimum Gasteiger partial charge on any atom is -0.378 e. The molecule has 0 atom stereocenters. The van der Waals surface area contributed by atoms with Crippen molar-refractivity contribution in [2.75, 3.05) is 39.9 Å². The van der Waals surface area contributed by atoms with Crippen LogP contribution in [0.5, 0.6) is 0 Å². The van der Waals surface area contributed by atoms with E-state index < -0.39 is 10.0 Å². The highest BCUT2D eigenvalue weighted by Crippen LogP contribution is 2.15. The predicted molar refractivity (Wildman–Crippen MR) is 78.4 cm³/mol. The number of carbonyl (C=O) groups excluding carboxylic acids is 1. The lowest BCUT2D eigenvalue weighted by atomic mass is 10.2. The van der Waals surface area contributed by atoms with Crippen molar-refractivity contribution in [3.05, 3.63) is 29.8 Å². The fourth-order valence-electron chi connectivity index (χ4n) is 2.07. The van der Waals surface area contributed by atoms with Gasteiger partial charge >= 0.3 is 0 Å². The van der Waals surface area contributed by atoms with Crippen molar-refractivity contribution in [1.29, 1.82) is 5.26 Å². The molecule has 0 saturated carbocycles. The van der Waals surface area contributed by atoms with E-state index in [2.05, 4.69) is 0 Å². The Labute approximate surface area is 129 Å². The molecule has 0 spiro atoms. The van der Waals surface area contributed by atoms with Crippen LogP contribution in [0.2, 0.25) is 0 Å². The van der Waals surface area contributed by atoms with Crippen molar-refractivity contribution in [3.63, 3.8) is 0 Å². The van der Waals surface area contributed by atoms with Crippen molar-refractivity contribution in [3.8, 4) is 6.07 Å². The van der Waals surface area contributed by atoms with Gasteiger partial charge in [0.2, 0.25) is 15.9 Å². The molecule has 0 aromatic heterocycles. The molecule has 1 fully saturated rings. The van der Waals surface area contributed by atoms with Crippen LogP contribution < -0.4 is 0 Å². The summed E-state index contributed by atoms with van der Waals surface area (Å²) in [5, 5.41) is 8.73. The number of morpholine rings is 1. The first-order valence-electron chi connectivity index (χ1n) is 6.77. The van der Waals surface area contributed by atoms with Crippen molar-refractivity contribution in [1.82, 2.24) is 9.21 Å². The Balaban J connectivity index is 2.07. The lowest BCUT2D eigenvalue weighted by Gasteiger charge is -2.28. The van der Waals surface area contributed by atoms with Gasteiger partial charge in [-0.3, -0.25) is 4.79 Å². The van der Waals surface area contributed by atoms with Crippen LogP contribution >= 0.6 is 0 Å². The minimum atomic E-state index is -3.75. The number of rotatable bonds is 4. The fourth-order valence-corrected chi connectivity index (χ4v) is 3.19. The van der Waals surface area contributed by atoms with Crippen LogP contribution in [0.15, 0.2) is 29.2 Å². The van der Waals surface area contributed by atoms with Crippen LogP contribution in [0.25, 0.3) is 0 Å². The lowest BCUT2D eigenvalue weighted by Crippen LogP contribution is -2.46. The molecule has 1 amide bonds. The van der Waals surface area contributed by atoms with E-state index >= 15 is 0 Å². The summed E-state index contributed by atoms with van der Waals surface area (Å²) < 4.78 is 31.0. The Bertz CT molecular complexity index is 673. The third kappa shape index (κ3) is 3.62. The lowest BCUT2D eigenvalue weighted by molar-refractivity contribution is -0.135. The summed E-state index contributed by atoms with van der Waals surface area (Å²) in [5.74, 6) is -0.247. The van der Waals surface area contributed by atoms with Gasteiger partial charge in [0, 0.05) is 20.1 Å². The number of ether oxygens (including phenoxy) is 1. The average molecular weight is 323 g/mol. The molecule has 7 nitrogen and oxygen atoms in total. The Morgan fingerprint density at radius 2 is 1.91 bits per heavy atom. The number of amides is 1. The summed E-state index contributed by atoms with van der Waals surface area (Å²) >= 11 is 0. The summed E-state index contributed by atoms with van der Waals surface area (Å²) in [6, 6.07) is 7.53. The van der Waals surface area contributed by atoms with E-state index in [1.807, 2.05) is 6.07 Å². The molecule has 1 heterocycles. The van der Waals surface area contributed by atoms with Crippen LogP contribution in [-0.4, -0.2) is 63.4 Å². The second-order valence-corrected chi connectivity index (χ2v) is 6.94. The standard InChI is InChI=1S/C14H17N3O4S/c1-16(11-14(18)17-6-8-21-9-7-17)22(19,20)13-4-2-12(10-15)3-5-13/h2-5H,6-9,11H2,1H3. The third-order valence-electron chi connectivity index (χ3n) is 3.41. The zero-order valence-corrected chi connectivity index (χ0v) is 13.0. The second kappa shape index (κ2) is 6.87. The van der Waals surface area contributed by atoms with E-state index in [1.165, 1.54) is 31.3 Å². The molecule has 0 N–H and O–H groups in total. The monoisotopic (exact) mass is 323 g/mol. The molecular formula is C14H17N3O4S. The van der Waals surface area contributed by atoms with Crippen molar-refractivity contribution >= 4 is 15.9 Å². The van der Waals surface area contributed by atoms with Crippen LogP contribution in [0, 0.1) is 11.3 Å². The highest BCUT2D eigenvalue weighted by Gasteiger charge is 2.25. The van der Waals surface area contributed by atoms with Gasteiger partial charge in [-0.2, -0.15) is 9.57 Å². The number of nitrogens with zero attached hydrogens (tertiary/aromatic N) is 3. The van der Waals surface area contributed by atoms with Crippen molar-refractivity contribution in [2.24, 2.45) is 0 Å². The molecule has 0 unspecified atom stereocenters. The van der Waals surface area contributed by atoms with Crippen LogP contribution in [0.3, 0.4) is 0 Å². The van der Waals surface area contributed by atoms with Gasteiger partial charge in [0.25, 0.3) is 0 Å². The number of carbonyl (C=O) groups is 1. The quantitative estimate of drug-likeness (QED) is 0.780. The maximum Gasteiger partial charge on any atom is 0.243 e. The van der Waals surface area contributed by atoms with Gasteiger partial charge < -0.3 is 9.64 Å². The minimum absolute atomic E-state index is 0.0591. The number of likely N-dealkylation sites (N-methyl/N-ethyl adjacent to an activating group) is 1. The molecule has 118 valence electrons. The number of nitriles is 1. The summed E-state index contributed by atoms with van der Waals surface area (Å²) in [4.78, 5) is 13.8. The van der Waals surface area contributed by atoms with E-state index in [0.29, 0.717) is 31.9 Å². The smallest absolute Gasteiger partial charge is 0.243 e. The SMILES string of the molecule is CN(CC(=O)N1CCOCC1)S(=O)(=O)c1ccc(C#N)cc1. The molecule has 8 heteroatoms. The van der Waals surface area contributed by atoms with Crippen molar-refractivity contribution in [2.45, 2.75) is 4.90 Å². The Morgan fingerprint density at radius 3 is 2.45 bits per heavy atom. The summed E-state index contributed by atoms with van der Waals surface area (Å²) in [5.41, 5.74) is 0.381. The molecule has 2 rings (SSSR count). The van der Waals surface area contributed by atoms with Gasteiger partial charge in [0.05, 0.1) is 36.3 Å². The average Bonchev–Trinajstić information content (AvgIpc) is 2.55. The molecular weight excluding hydrogens is 306 g/mol. The van der Waals surface area contributed by atoms with Crippen LogP contribution in [0.1, 0.15) is 5.56 Å². The van der Waals surface area contributed by atoms with E-state index in [0.717, 1.165) is 4.31 Å². The fraction of sp³-hybridized carbons (Fsp3) is 0.429. The Kier molecular flexibility index (Phi) is 5.13. The molecule has 1 saturated heterocycles. The molecule has 1 aliphatic rings. The van der Waals surface area contributed by atoms with E-state index in [4.69, 9.17) is 10.00 Å². The molecule has 1 aromatic rings. The van der Waals surface area contributed by atoms with E-state index in [1.54, 1.807) is 4.90 Å². The Morgan fingerprint density at radius 1 is 1.32 bits per heavy atom. The molecule has 22 heavy (non-hydrogen) atoms. The van der Waals surface area contributed by atoms with Gasteiger partial charge in [0.15, 0.2) is 0 Å². The molecule has 0 radical (unpaired) electrons. The van der Waals surface area contributed by atoms with Crippen molar-refractivity contribution < 1.29 is 17.9 Å². The summed E-state index contributed by atoms with van der Waals surface area (Å²) in [7, 11) is -2.39. The largest absolute Gasteiger partial charge is 0.378 e. The molecule has 0 aliphatic carbocycles. The first-order valence-corrected chi connectivity index (χ1v) is 8.21. The Hall–Kier alpha value is -1.95. The number of sulfonamides is 1. The topological polar surface area (TPSA) is 90.7 Å². The normalized spacial score (nSPS) is 15.6.